The fourth-order valence-corrected chi connectivity index (χ4v) is 4.72. The zero-order valence-electron chi connectivity index (χ0n) is 19.7. The Bertz CT molecular complexity index is 1210. The van der Waals surface area contributed by atoms with Crippen LogP contribution in [0.3, 0.4) is 0 Å². The highest BCUT2D eigenvalue weighted by Gasteiger charge is 2.22. The first-order valence-electron chi connectivity index (χ1n) is 11.1. The van der Waals surface area contributed by atoms with Gasteiger partial charge in [0.15, 0.2) is 5.16 Å². The predicted octanol–water partition coefficient (Wildman–Crippen LogP) is 7.03. The third-order valence-electron chi connectivity index (χ3n) is 5.45. The summed E-state index contributed by atoms with van der Waals surface area (Å²) in [5, 5.41) is 3.37. The molecule has 0 aliphatic rings. The zero-order valence-corrected chi connectivity index (χ0v) is 22.1. The lowest BCUT2D eigenvalue weighted by Crippen LogP contribution is -2.24. The van der Waals surface area contributed by atoms with Crippen LogP contribution in [0.1, 0.15) is 13.3 Å². The number of methoxy groups -OCH3 is 2. The van der Waals surface area contributed by atoms with Gasteiger partial charge in [0.25, 0.3) is 0 Å². The van der Waals surface area contributed by atoms with Gasteiger partial charge < -0.3 is 19.8 Å². The minimum atomic E-state index is -0.308. The van der Waals surface area contributed by atoms with E-state index in [1.165, 1.54) is 11.8 Å². The van der Waals surface area contributed by atoms with Crippen molar-refractivity contribution in [2.24, 2.45) is 0 Å². The summed E-state index contributed by atoms with van der Waals surface area (Å²) in [4.78, 5) is 21.3. The van der Waals surface area contributed by atoms with E-state index in [4.69, 9.17) is 14.5 Å². The Hall–Kier alpha value is -3.23. The number of rotatable bonds is 9. The average Bonchev–Trinajstić information content (AvgIpc) is 3.32. The standard InChI is InChI=1S/C27H26BrN3O3S/c1-4-23(26(32)29-20-11-9-19(28)10-12-20)35-27-30-24(17-5-13-21(33-2)14-6-17)25(31-27)18-7-15-22(34-3)16-8-18/h5-16,23H,4H2,1-3H3,(H,29,32)(H,30,31). The molecule has 1 unspecified atom stereocenters. The summed E-state index contributed by atoms with van der Waals surface area (Å²) in [6.45, 7) is 2.00. The molecular formula is C27H26BrN3O3S. The molecule has 1 aromatic heterocycles. The molecule has 3 aromatic carbocycles. The Labute approximate surface area is 217 Å². The molecule has 0 fully saturated rings. The average molecular weight is 552 g/mol. The van der Waals surface area contributed by atoms with Crippen LogP contribution in [0, 0.1) is 0 Å². The van der Waals surface area contributed by atoms with Crippen molar-refractivity contribution in [1.82, 2.24) is 9.97 Å². The number of nitrogens with one attached hydrogen (secondary N) is 2. The van der Waals surface area contributed by atoms with E-state index in [2.05, 4.69) is 26.2 Å². The number of carbonyl (C=O) groups is 1. The van der Waals surface area contributed by atoms with E-state index < -0.39 is 0 Å². The van der Waals surface area contributed by atoms with E-state index in [-0.39, 0.29) is 11.2 Å². The minimum absolute atomic E-state index is 0.0618. The van der Waals surface area contributed by atoms with Crippen molar-refractivity contribution in [1.29, 1.82) is 0 Å². The molecule has 1 heterocycles. The van der Waals surface area contributed by atoms with Crippen LogP contribution in [-0.4, -0.2) is 35.3 Å². The number of benzene rings is 3. The van der Waals surface area contributed by atoms with Crippen LogP contribution < -0.4 is 14.8 Å². The molecule has 6 nitrogen and oxygen atoms in total. The Morgan fingerprint density at radius 1 is 0.943 bits per heavy atom. The number of halogens is 1. The van der Waals surface area contributed by atoms with Crippen molar-refractivity contribution in [3.8, 4) is 34.0 Å². The number of aromatic nitrogens is 2. The molecule has 4 rings (SSSR count). The van der Waals surface area contributed by atoms with Crippen molar-refractivity contribution in [3.63, 3.8) is 0 Å². The van der Waals surface area contributed by atoms with Crippen LogP contribution >= 0.6 is 27.7 Å². The first-order chi connectivity index (χ1) is 17.0. The summed E-state index contributed by atoms with van der Waals surface area (Å²) in [5.74, 6) is 1.50. The summed E-state index contributed by atoms with van der Waals surface area (Å²) in [6, 6.07) is 23.1. The number of nitrogens with zero attached hydrogens (tertiary/aromatic N) is 1. The first kappa shape index (κ1) is 24.9. The maximum Gasteiger partial charge on any atom is 0.237 e. The van der Waals surface area contributed by atoms with Gasteiger partial charge in [0.1, 0.15) is 11.5 Å². The third kappa shape index (κ3) is 6.07. The molecule has 0 saturated carbocycles. The normalized spacial score (nSPS) is 11.7. The van der Waals surface area contributed by atoms with E-state index in [0.29, 0.717) is 11.6 Å². The monoisotopic (exact) mass is 551 g/mol. The van der Waals surface area contributed by atoms with Crippen LogP contribution in [0.4, 0.5) is 5.69 Å². The van der Waals surface area contributed by atoms with E-state index in [1.807, 2.05) is 79.7 Å². The molecule has 0 spiro atoms. The van der Waals surface area contributed by atoms with Gasteiger partial charge >= 0.3 is 0 Å². The SMILES string of the molecule is CCC(Sc1nc(-c2ccc(OC)cc2)c(-c2ccc(OC)cc2)[nH]1)C(=O)Nc1ccc(Br)cc1. The highest BCUT2D eigenvalue weighted by molar-refractivity contribution is 9.10. The summed E-state index contributed by atoms with van der Waals surface area (Å²) in [6.07, 6.45) is 0.656. The van der Waals surface area contributed by atoms with E-state index >= 15 is 0 Å². The highest BCUT2D eigenvalue weighted by atomic mass is 79.9. The summed E-state index contributed by atoms with van der Waals surface area (Å²) >= 11 is 4.84. The molecule has 8 heteroatoms. The predicted molar refractivity (Wildman–Crippen MR) is 145 cm³/mol. The number of anilines is 1. The fraction of sp³-hybridized carbons (Fsp3) is 0.185. The number of H-pyrrole nitrogens is 1. The van der Waals surface area contributed by atoms with Gasteiger partial charge in [0, 0.05) is 21.3 Å². The van der Waals surface area contributed by atoms with E-state index in [0.717, 1.165) is 44.2 Å². The smallest absolute Gasteiger partial charge is 0.237 e. The van der Waals surface area contributed by atoms with Gasteiger partial charge in [-0.2, -0.15) is 0 Å². The van der Waals surface area contributed by atoms with Gasteiger partial charge in [0.05, 0.1) is 30.9 Å². The lowest BCUT2D eigenvalue weighted by Gasteiger charge is -2.13. The Balaban J connectivity index is 1.63. The van der Waals surface area contributed by atoms with Gasteiger partial charge in [0.2, 0.25) is 5.91 Å². The van der Waals surface area contributed by atoms with Gasteiger partial charge in [-0.25, -0.2) is 4.98 Å². The molecule has 35 heavy (non-hydrogen) atoms. The van der Waals surface area contributed by atoms with Crippen LogP contribution in [0.2, 0.25) is 0 Å². The van der Waals surface area contributed by atoms with Crippen LogP contribution in [0.5, 0.6) is 11.5 Å². The minimum Gasteiger partial charge on any atom is -0.497 e. The lowest BCUT2D eigenvalue weighted by atomic mass is 10.0. The summed E-state index contributed by atoms with van der Waals surface area (Å²) < 4.78 is 11.6. The maximum atomic E-state index is 13.0. The second-order valence-corrected chi connectivity index (χ2v) is 9.84. The number of carbonyl (C=O) groups excluding carboxylic acids is 1. The van der Waals surface area contributed by atoms with E-state index in [9.17, 15) is 4.79 Å². The first-order valence-corrected chi connectivity index (χ1v) is 12.8. The Morgan fingerprint density at radius 3 is 2.06 bits per heavy atom. The molecule has 0 aliphatic heterocycles. The van der Waals surface area contributed by atoms with Gasteiger partial charge in [-0.3, -0.25) is 4.79 Å². The van der Waals surface area contributed by atoms with Crippen molar-refractivity contribution in [3.05, 3.63) is 77.3 Å². The zero-order chi connectivity index (χ0) is 24.8. The molecule has 1 amide bonds. The second kappa shape index (κ2) is 11.5. The molecule has 4 aromatic rings. The van der Waals surface area contributed by atoms with Crippen molar-refractivity contribution in [2.75, 3.05) is 19.5 Å². The van der Waals surface area contributed by atoms with Gasteiger partial charge in [-0.1, -0.05) is 34.6 Å². The number of ether oxygens (including phenoxy) is 2. The number of hydrogen-bond acceptors (Lipinski definition) is 5. The molecule has 2 N–H and O–H groups in total. The highest BCUT2D eigenvalue weighted by Crippen LogP contribution is 2.36. The molecular weight excluding hydrogens is 526 g/mol. The largest absolute Gasteiger partial charge is 0.497 e. The fourth-order valence-electron chi connectivity index (χ4n) is 3.54. The van der Waals surface area contributed by atoms with E-state index in [1.54, 1.807) is 14.2 Å². The molecule has 180 valence electrons. The van der Waals surface area contributed by atoms with Crippen LogP contribution in [0.15, 0.2) is 82.4 Å². The summed E-state index contributed by atoms with van der Waals surface area (Å²) in [7, 11) is 3.29. The Morgan fingerprint density at radius 2 is 1.51 bits per heavy atom. The quantitative estimate of drug-likeness (QED) is 0.218. The number of thioether (sulfide) groups is 1. The topological polar surface area (TPSA) is 76.2 Å². The third-order valence-corrected chi connectivity index (χ3v) is 7.23. The second-order valence-electron chi connectivity index (χ2n) is 7.73. The van der Waals surface area contributed by atoms with Crippen molar-refractivity contribution >= 4 is 39.3 Å². The lowest BCUT2D eigenvalue weighted by molar-refractivity contribution is -0.115. The van der Waals surface area contributed by atoms with Crippen LogP contribution in [0.25, 0.3) is 22.5 Å². The van der Waals surface area contributed by atoms with Crippen molar-refractivity contribution in [2.45, 2.75) is 23.8 Å². The molecule has 0 saturated heterocycles. The number of imidazole rings is 1. The maximum absolute atomic E-state index is 13.0. The van der Waals surface area contributed by atoms with Crippen molar-refractivity contribution < 1.29 is 14.3 Å². The molecule has 1 atom stereocenters. The van der Waals surface area contributed by atoms with Crippen LogP contribution in [-0.2, 0) is 4.79 Å². The molecule has 0 aliphatic carbocycles. The van der Waals surface area contributed by atoms with Gasteiger partial charge in [-0.05, 0) is 79.2 Å². The molecule has 0 radical (unpaired) electrons. The van der Waals surface area contributed by atoms with Gasteiger partial charge in [-0.15, -0.1) is 0 Å². The number of amides is 1. The number of hydrogen-bond donors (Lipinski definition) is 2. The number of aromatic amines is 1. The Kier molecular flexibility index (Phi) is 8.15. The molecule has 0 bridgehead atoms. The summed E-state index contributed by atoms with van der Waals surface area (Å²) in [5.41, 5.74) is 4.37.